The van der Waals surface area contributed by atoms with E-state index in [4.69, 9.17) is 0 Å². The summed E-state index contributed by atoms with van der Waals surface area (Å²) in [4.78, 5) is 32.9. The van der Waals surface area contributed by atoms with Gasteiger partial charge in [-0.25, -0.2) is 9.37 Å². The Morgan fingerprint density at radius 2 is 2.00 bits per heavy atom. The van der Waals surface area contributed by atoms with Gasteiger partial charge in [0.2, 0.25) is 0 Å². The van der Waals surface area contributed by atoms with Crippen LogP contribution in [0.4, 0.5) is 4.39 Å². The maximum atomic E-state index is 13.9. The molecule has 5 nitrogen and oxygen atoms in total. The summed E-state index contributed by atoms with van der Waals surface area (Å²) in [6, 6.07) is 11.1. The van der Waals surface area contributed by atoms with Gasteiger partial charge in [0, 0.05) is 55.7 Å². The molecule has 3 heterocycles. The average Bonchev–Trinajstić information content (AvgIpc) is 3.09. The highest BCUT2D eigenvalue weighted by Crippen LogP contribution is 2.23. The quantitative estimate of drug-likeness (QED) is 0.682. The zero-order valence-electron chi connectivity index (χ0n) is 15.8. The first-order valence-corrected chi connectivity index (χ1v) is 9.58. The van der Waals surface area contributed by atoms with Gasteiger partial charge < -0.3 is 9.88 Å². The highest BCUT2D eigenvalue weighted by Gasteiger charge is 2.31. The number of amides is 1. The maximum Gasteiger partial charge on any atom is 0.298 e. The molecule has 1 amide bonds. The number of rotatable bonds is 5. The molecule has 146 valence electrons. The minimum atomic E-state index is -0.347. The first-order valence-electron chi connectivity index (χ1n) is 9.58. The van der Waals surface area contributed by atoms with E-state index < -0.39 is 0 Å². The zero-order chi connectivity index (χ0) is 20.2. The lowest BCUT2D eigenvalue weighted by atomic mass is 9.92. The maximum absolute atomic E-state index is 13.9. The number of nitrogens with one attached hydrogen (secondary N) is 1. The van der Waals surface area contributed by atoms with Crippen LogP contribution in [0.15, 0.2) is 48.8 Å². The average molecular weight is 389 g/mol. The Bertz CT molecular complexity index is 1110. The number of nitrogens with zero attached hydrogens (tertiary/aromatic N) is 2. The molecule has 0 saturated carbocycles. The molecule has 0 radical (unpaired) electrons. The number of H-pyrrole nitrogens is 1. The largest absolute Gasteiger partial charge is 0.343 e. The van der Waals surface area contributed by atoms with Crippen LogP contribution in [0.25, 0.3) is 11.0 Å². The minimum Gasteiger partial charge on any atom is -0.343 e. The van der Waals surface area contributed by atoms with Crippen molar-refractivity contribution in [3.8, 4) is 11.8 Å². The molecule has 1 aromatic carbocycles. The number of carbonyl (C=O) groups excluding carboxylic acids is 2. The van der Waals surface area contributed by atoms with Crippen LogP contribution in [0, 0.1) is 23.6 Å². The molecule has 4 rings (SSSR count). The second-order valence-electron chi connectivity index (χ2n) is 7.27. The number of halogens is 1. The van der Waals surface area contributed by atoms with Crippen LogP contribution in [0.3, 0.4) is 0 Å². The topological polar surface area (TPSA) is 66.1 Å². The van der Waals surface area contributed by atoms with Crippen LogP contribution in [0.5, 0.6) is 0 Å². The smallest absolute Gasteiger partial charge is 0.298 e. The minimum absolute atomic E-state index is 0.123. The van der Waals surface area contributed by atoms with Gasteiger partial charge in [-0.1, -0.05) is 24.1 Å². The monoisotopic (exact) mass is 389 g/mol. The number of fused-ring (bicyclic) bond motifs is 1. The van der Waals surface area contributed by atoms with Crippen molar-refractivity contribution in [3.63, 3.8) is 0 Å². The van der Waals surface area contributed by atoms with Crippen molar-refractivity contribution in [2.75, 3.05) is 13.1 Å². The van der Waals surface area contributed by atoms with Gasteiger partial charge in [0.05, 0.1) is 5.39 Å². The molecule has 6 heteroatoms. The second kappa shape index (κ2) is 8.27. The number of aromatic amines is 1. The molecule has 1 N–H and O–H groups in total. The lowest BCUT2D eigenvalue weighted by Crippen LogP contribution is -2.50. The molecule has 0 spiro atoms. The van der Waals surface area contributed by atoms with Gasteiger partial charge in [-0.05, 0) is 30.2 Å². The molecule has 2 aromatic heterocycles. The summed E-state index contributed by atoms with van der Waals surface area (Å²) in [5.41, 5.74) is 2.08. The number of carbonyl (C=O) groups is 2. The number of pyridine rings is 1. The van der Waals surface area contributed by atoms with E-state index in [2.05, 4.69) is 21.8 Å². The second-order valence-corrected chi connectivity index (χ2v) is 7.27. The van der Waals surface area contributed by atoms with Gasteiger partial charge in [0.25, 0.3) is 5.91 Å². The summed E-state index contributed by atoms with van der Waals surface area (Å²) in [7, 11) is 0. The van der Waals surface area contributed by atoms with Crippen LogP contribution in [-0.4, -0.2) is 39.6 Å². The Hall–Kier alpha value is -3.46. The molecule has 0 aliphatic carbocycles. The summed E-state index contributed by atoms with van der Waals surface area (Å²) in [6.07, 6.45) is 4.15. The third-order valence-electron chi connectivity index (χ3n) is 5.13. The van der Waals surface area contributed by atoms with Gasteiger partial charge in [-0.2, -0.15) is 0 Å². The summed E-state index contributed by atoms with van der Waals surface area (Å²) in [5, 5.41) is 0.456. The van der Waals surface area contributed by atoms with E-state index in [0.29, 0.717) is 43.4 Å². The first-order chi connectivity index (χ1) is 14.1. The normalized spacial score (nSPS) is 13.6. The van der Waals surface area contributed by atoms with Gasteiger partial charge in [0.1, 0.15) is 17.2 Å². The van der Waals surface area contributed by atoms with Gasteiger partial charge in [-0.3, -0.25) is 9.59 Å². The fourth-order valence-corrected chi connectivity index (χ4v) is 3.58. The van der Waals surface area contributed by atoms with Gasteiger partial charge >= 0.3 is 0 Å². The number of ketones is 1. The molecule has 0 unspecified atom stereocenters. The van der Waals surface area contributed by atoms with Crippen LogP contribution < -0.4 is 0 Å². The number of benzene rings is 1. The first kappa shape index (κ1) is 18.9. The lowest BCUT2D eigenvalue weighted by molar-refractivity contribution is -0.133. The molecule has 1 aliphatic heterocycles. The van der Waals surface area contributed by atoms with Crippen LogP contribution >= 0.6 is 0 Å². The Morgan fingerprint density at radius 1 is 1.21 bits per heavy atom. The molecule has 0 atom stereocenters. The number of aryl methyl sites for hydroxylation is 1. The Labute approximate surface area is 167 Å². The molecule has 1 aliphatic rings. The third kappa shape index (κ3) is 4.35. The summed E-state index contributed by atoms with van der Waals surface area (Å²) in [5.74, 6) is 5.25. The molecule has 1 fully saturated rings. The number of hydrogen-bond acceptors (Lipinski definition) is 3. The fraction of sp³-hybridized carbons (Fsp3) is 0.261. The van der Waals surface area contributed by atoms with E-state index in [0.717, 1.165) is 11.1 Å². The number of likely N-dealkylation sites (tertiary alicyclic amines) is 1. The van der Waals surface area contributed by atoms with Gasteiger partial charge in [-0.15, -0.1) is 0 Å². The van der Waals surface area contributed by atoms with E-state index in [1.807, 2.05) is 30.3 Å². The molecule has 3 aromatic rings. The van der Waals surface area contributed by atoms with Crippen molar-refractivity contribution in [1.29, 1.82) is 0 Å². The van der Waals surface area contributed by atoms with E-state index >= 15 is 0 Å². The number of Topliss-reactive ketones (excluding diaryl/α,β-unsaturated/α-hetero) is 1. The van der Waals surface area contributed by atoms with Crippen molar-refractivity contribution in [2.24, 2.45) is 5.92 Å². The standard InChI is InChI=1S/C23H20FN3O2/c24-20-13-26-23-22(20)18(10-11-25-23)7-8-19(28)12-17-14-27(15-17)21(29)9-6-16-4-2-1-3-5-16/h1-5,10-11,13,17H,7-8,12,14-15H2,(H,25,26). The zero-order valence-corrected chi connectivity index (χ0v) is 15.8. The van der Waals surface area contributed by atoms with Gasteiger partial charge in [0.15, 0.2) is 0 Å². The fourth-order valence-electron chi connectivity index (χ4n) is 3.58. The Balaban J connectivity index is 1.24. The third-order valence-corrected chi connectivity index (χ3v) is 5.13. The summed E-state index contributed by atoms with van der Waals surface area (Å²) in [6.45, 7) is 1.11. The Kier molecular flexibility index (Phi) is 5.39. The van der Waals surface area contributed by atoms with E-state index in [9.17, 15) is 14.0 Å². The van der Waals surface area contributed by atoms with Crippen LogP contribution in [0.2, 0.25) is 0 Å². The van der Waals surface area contributed by atoms with E-state index in [-0.39, 0.29) is 23.4 Å². The summed E-state index contributed by atoms with van der Waals surface area (Å²) >= 11 is 0. The Morgan fingerprint density at radius 3 is 2.79 bits per heavy atom. The van der Waals surface area contributed by atoms with Crippen molar-refractivity contribution < 1.29 is 14.0 Å². The molecule has 1 saturated heterocycles. The highest BCUT2D eigenvalue weighted by molar-refractivity contribution is 5.94. The van der Waals surface area contributed by atoms with Crippen molar-refractivity contribution in [2.45, 2.75) is 19.3 Å². The van der Waals surface area contributed by atoms with E-state index in [1.165, 1.54) is 6.20 Å². The SMILES string of the molecule is O=C(CCc1ccnc2[nH]cc(F)c12)CC1CN(C(=O)C#Cc2ccccc2)C1. The number of aromatic nitrogens is 2. The summed E-state index contributed by atoms with van der Waals surface area (Å²) < 4.78 is 13.9. The predicted molar refractivity (Wildman–Crippen MR) is 107 cm³/mol. The molecule has 0 bridgehead atoms. The molecular weight excluding hydrogens is 369 g/mol. The lowest BCUT2D eigenvalue weighted by Gasteiger charge is -2.37. The van der Waals surface area contributed by atoms with Crippen LogP contribution in [-0.2, 0) is 16.0 Å². The van der Waals surface area contributed by atoms with Crippen LogP contribution in [0.1, 0.15) is 24.0 Å². The highest BCUT2D eigenvalue weighted by atomic mass is 19.1. The van der Waals surface area contributed by atoms with Crippen molar-refractivity contribution >= 4 is 22.7 Å². The van der Waals surface area contributed by atoms with E-state index in [1.54, 1.807) is 17.2 Å². The molecule has 29 heavy (non-hydrogen) atoms. The van der Waals surface area contributed by atoms with Crippen molar-refractivity contribution in [3.05, 3.63) is 65.7 Å². The van der Waals surface area contributed by atoms with Crippen molar-refractivity contribution in [1.82, 2.24) is 14.9 Å². The molecular formula is C23H20FN3O2. The predicted octanol–water partition coefficient (Wildman–Crippen LogP) is 3.10. The number of hydrogen-bond donors (Lipinski definition) is 1.